The SMILES string of the molecule is COc1cc(=O)n2c(c1C(=O)NCc1cccs1)CCN(Cc1cccn1-c1ncccn1)CC2. The lowest BCUT2D eigenvalue weighted by Crippen LogP contribution is -2.31. The number of hydrogen-bond donors (Lipinski definition) is 1. The second-order valence-corrected chi connectivity index (χ2v) is 9.26. The third-order valence-corrected chi connectivity index (χ3v) is 7.00. The molecule has 5 rings (SSSR count). The van der Waals surface area contributed by atoms with Crippen LogP contribution in [0.4, 0.5) is 0 Å². The highest BCUT2D eigenvalue weighted by Gasteiger charge is 2.25. The molecule has 4 aromatic rings. The van der Waals surface area contributed by atoms with Crippen LogP contribution < -0.4 is 15.6 Å². The third-order valence-electron chi connectivity index (χ3n) is 6.12. The van der Waals surface area contributed by atoms with Gasteiger partial charge in [0.25, 0.3) is 11.5 Å². The summed E-state index contributed by atoms with van der Waals surface area (Å²) in [6.45, 7) is 2.97. The van der Waals surface area contributed by atoms with Gasteiger partial charge in [0.15, 0.2) is 0 Å². The number of pyridine rings is 1. The molecule has 0 aliphatic carbocycles. The van der Waals surface area contributed by atoms with Crippen LogP contribution in [0.3, 0.4) is 0 Å². The summed E-state index contributed by atoms with van der Waals surface area (Å²) in [5.41, 5.74) is 2.05. The molecule has 1 aliphatic rings. The number of carbonyl (C=O) groups is 1. The van der Waals surface area contributed by atoms with E-state index in [9.17, 15) is 9.59 Å². The summed E-state index contributed by atoms with van der Waals surface area (Å²) in [6.07, 6.45) is 5.94. The fourth-order valence-electron chi connectivity index (χ4n) is 4.41. The van der Waals surface area contributed by atoms with Crippen LogP contribution in [0.5, 0.6) is 5.75 Å². The van der Waals surface area contributed by atoms with E-state index in [1.54, 1.807) is 34.4 Å². The zero-order valence-corrected chi connectivity index (χ0v) is 20.2. The lowest BCUT2D eigenvalue weighted by Gasteiger charge is -2.20. The van der Waals surface area contributed by atoms with Crippen molar-refractivity contribution in [3.8, 4) is 11.7 Å². The molecule has 0 saturated carbocycles. The summed E-state index contributed by atoms with van der Waals surface area (Å²) in [5, 5.41) is 4.96. The highest BCUT2D eigenvalue weighted by atomic mass is 32.1. The van der Waals surface area contributed by atoms with Gasteiger partial charge in [-0.2, -0.15) is 0 Å². The van der Waals surface area contributed by atoms with Crippen LogP contribution in [0, 0.1) is 0 Å². The number of nitrogens with one attached hydrogen (secondary N) is 1. The third kappa shape index (κ3) is 4.89. The number of thiophene rings is 1. The molecule has 0 unspecified atom stereocenters. The molecule has 0 spiro atoms. The summed E-state index contributed by atoms with van der Waals surface area (Å²) >= 11 is 1.59. The van der Waals surface area contributed by atoms with E-state index in [4.69, 9.17) is 4.74 Å². The lowest BCUT2D eigenvalue weighted by molar-refractivity contribution is 0.0946. The van der Waals surface area contributed by atoms with Gasteiger partial charge < -0.3 is 14.6 Å². The Bertz CT molecular complexity index is 1360. The van der Waals surface area contributed by atoms with Gasteiger partial charge in [-0.25, -0.2) is 9.97 Å². The first-order valence-corrected chi connectivity index (χ1v) is 12.3. The Kier molecular flexibility index (Phi) is 6.73. The molecular formula is C25H26N6O3S. The lowest BCUT2D eigenvalue weighted by atomic mass is 10.1. The molecule has 0 radical (unpaired) electrons. The molecular weight excluding hydrogens is 464 g/mol. The first kappa shape index (κ1) is 23.0. The highest BCUT2D eigenvalue weighted by molar-refractivity contribution is 7.09. The molecule has 0 atom stereocenters. The van der Waals surface area contributed by atoms with Gasteiger partial charge in [-0.15, -0.1) is 11.3 Å². The minimum absolute atomic E-state index is 0.158. The van der Waals surface area contributed by atoms with Crippen LogP contribution in [0.2, 0.25) is 0 Å². The van der Waals surface area contributed by atoms with E-state index in [0.717, 1.165) is 10.6 Å². The molecule has 180 valence electrons. The molecule has 10 heteroatoms. The molecule has 1 aliphatic heterocycles. The maximum atomic E-state index is 13.2. The number of ether oxygens (including phenoxy) is 1. The minimum Gasteiger partial charge on any atom is -0.496 e. The Hall–Kier alpha value is -3.76. The molecule has 35 heavy (non-hydrogen) atoms. The molecule has 9 nitrogen and oxygen atoms in total. The van der Waals surface area contributed by atoms with Crippen molar-refractivity contribution < 1.29 is 9.53 Å². The largest absolute Gasteiger partial charge is 0.496 e. The standard InChI is InChI=1S/C25H26N6O3S/c1-34-21-15-22(32)31-13-12-29(17-18-5-2-10-30(18)25-26-8-4-9-27-25)11-7-20(31)23(21)24(33)28-16-19-6-3-14-35-19/h2-6,8-10,14-15H,7,11-13,16-17H2,1H3,(H,28,33). The Morgan fingerprint density at radius 1 is 1.14 bits per heavy atom. The molecule has 0 aromatic carbocycles. The topological polar surface area (TPSA) is 94.3 Å². The average Bonchev–Trinajstić information content (AvgIpc) is 3.52. The van der Waals surface area contributed by atoms with Crippen LogP contribution in [0.1, 0.15) is 26.6 Å². The van der Waals surface area contributed by atoms with Crippen molar-refractivity contribution in [2.75, 3.05) is 20.2 Å². The molecule has 0 saturated heterocycles. The van der Waals surface area contributed by atoms with Crippen molar-refractivity contribution in [1.82, 2.24) is 29.3 Å². The van der Waals surface area contributed by atoms with E-state index in [0.29, 0.717) is 62.1 Å². The predicted octanol–water partition coefficient (Wildman–Crippen LogP) is 2.49. The van der Waals surface area contributed by atoms with Crippen molar-refractivity contribution in [2.24, 2.45) is 0 Å². The molecule has 0 bridgehead atoms. The number of hydrogen-bond acceptors (Lipinski definition) is 7. The van der Waals surface area contributed by atoms with Crippen LogP contribution in [-0.2, 0) is 26.1 Å². The molecule has 0 fully saturated rings. The fourth-order valence-corrected chi connectivity index (χ4v) is 5.06. The summed E-state index contributed by atoms with van der Waals surface area (Å²) < 4.78 is 9.14. The van der Waals surface area contributed by atoms with Crippen molar-refractivity contribution in [1.29, 1.82) is 0 Å². The van der Waals surface area contributed by atoms with Gasteiger partial charge in [0.1, 0.15) is 11.3 Å². The van der Waals surface area contributed by atoms with Crippen molar-refractivity contribution in [3.63, 3.8) is 0 Å². The van der Waals surface area contributed by atoms with Gasteiger partial charge in [0, 0.05) is 73.5 Å². The van der Waals surface area contributed by atoms with Crippen molar-refractivity contribution >= 4 is 17.2 Å². The number of methoxy groups -OCH3 is 1. The van der Waals surface area contributed by atoms with E-state index in [-0.39, 0.29) is 11.5 Å². The zero-order valence-electron chi connectivity index (χ0n) is 19.4. The maximum absolute atomic E-state index is 13.2. The number of rotatable bonds is 7. The number of amides is 1. The summed E-state index contributed by atoms with van der Waals surface area (Å²) in [6, 6.07) is 11.2. The van der Waals surface area contributed by atoms with Gasteiger partial charge in [0.05, 0.1) is 13.7 Å². The van der Waals surface area contributed by atoms with Gasteiger partial charge in [0.2, 0.25) is 5.95 Å². The highest BCUT2D eigenvalue weighted by Crippen LogP contribution is 2.24. The van der Waals surface area contributed by atoms with Gasteiger partial charge in [-0.3, -0.25) is 19.1 Å². The zero-order chi connectivity index (χ0) is 24.2. The maximum Gasteiger partial charge on any atom is 0.257 e. The Labute approximate surface area is 206 Å². The summed E-state index contributed by atoms with van der Waals surface area (Å²) in [5.74, 6) is 0.701. The fraction of sp³-hybridized carbons (Fsp3) is 0.280. The Morgan fingerprint density at radius 2 is 2.00 bits per heavy atom. The van der Waals surface area contributed by atoms with Gasteiger partial charge >= 0.3 is 0 Å². The quantitative estimate of drug-likeness (QED) is 0.428. The van der Waals surface area contributed by atoms with Crippen LogP contribution in [-0.4, -0.2) is 50.1 Å². The Morgan fingerprint density at radius 3 is 2.77 bits per heavy atom. The first-order chi connectivity index (χ1) is 17.1. The first-order valence-electron chi connectivity index (χ1n) is 11.4. The summed E-state index contributed by atoms with van der Waals surface area (Å²) in [4.78, 5) is 38.2. The van der Waals surface area contributed by atoms with Crippen LogP contribution in [0.15, 0.2) is 65.2 Å². The Balaban J connectivity index is 1.38. The average molecular weight is 491 g/mol. The number of aromatic nitrogens is 4. The van der Waals surface area contributed by atoms with Crippen molar-refractivity contribution in [3.05, 3.63) is 92.6 Å². The van der Waals surface area contributed by atoms with E-state index >= 15 is 0 Å². The van der Waals surface area contributed by atoms with Gasteiger partial charge in [-0.1, -0.05) is 6.07 Å². The number of carbonyl (C=O) groups excluding carboxylic acids is 1. The van der Waals surface area contributed by atoms with Crippen LogP contribution >= 0.6 is 11.3 Å². The van der Waals surface area contributed by atoms with Gasteiger partial charge in [-0.05, 0) is 29.6 Å². The second-order valence-electron chi connectivity index (χ2n) is 8.23. The van der Waals surface area contributed by atoms with Crippen LogP contribution in [0.25, 0.3) is 5.95 Å². The van der Waals surface area contributed by atoms with E-state index in [2.05, 4.69) is 20.2 Å². The summed E-state index contributed by atoms with van der Waals surface area (Å²) in [7, 11) is 1.49. The van der Waals surface area contributed by atoms with E-state index in [1.807, 2.05) is 40.4 Å². The van der Waals surface area contributed by atoms with E-state index in [1.165, 1.54) is 13.2 Å². The molecule has 5 heterocycles. The predicted molar refractivity (Wildman–Crippen MR) is 133 cm³/mol. The smallest absolute Gasteiger partial charge is 0.257 e. The monoisotopic (exact) mass is 490 g/mol. The minimum atomic E-state index is -0.234. The molecule has 1 N–H and O–H groups in total. The second kappa shape index (κ2) is 10.2. The number of fused-ring (bicyclic) bond motifs is 1. The van der Waals surface area contributed by atoms with Crippen molar-refractivity contribution in [2.45, 2.75) is 26.1 Å². The van der Waals surface area contributed by atoms with E-state index < -0.39 is 0 Å². The molecule has 4 aromatic heterocycles. The normalized spacial score (nSPS) is 13.7. The molecule has 1 amide bonds. The number of nitrogens with zero attached hydrogens (tertiary/aromatic N) is 5.